The van der Waals surface area contributed by atoms with Crippen molar-refractivity contribution in [3.8, 4) is 0 Å². The number of esters is 2. The van der Waals surface area contributed by atoms with Crippen LogP contribution in [0.4, 0.5) is 10.5 Å². The van der Waals surface area contributed by atoms with E-state index in [4.69, 9.17) is 0 Å². The molecule has 0 radical (unpaired) electrons. The van der Waals surface area contributed by atoms with Gasteiger partial charge >= 0.3 is 18.0 Å². The van der Waals surface area contributed by atoms with Gasteiger partial charge < -0.3 is 9.47 Å². The second-order valence-electron chi connectivity index (χ2n) is 3.05. The van der Waals surface area contributed by atoms with Crippen LogP contribution in [-0.2, 0) is 9.47 Å². The summed E-state index contributed by atoms with van der Waals surface area (Å²) < 4.78 is 8.78. The van der Waals surface area contributed by atoms with E-state index in [0.717, 1.165) is 0 Å². The molecule has 1 aliphatic heterocycles. The minimum absolute atomic E-state index is 0.138. The summed E-state index contributed by atoms with van der Waals surface area (Å²) >= 11 is 0. The minimum Gasteiger partial charge on any atom is -0.453 e. The van der Waals surface area contributed by atoms with E-state index in [1.165, 1.54) is 25.3 Å². The predicted octanol–water partition coefficient (Wildman–Crippen LogP) is 1.18. The van der Waals surface area contributed by atoms with Gasteiger partial charge in [-0.25, -0.2) is 14.4 Å². The van der Waals surface area contributed by atoms with Crippen LogP contribution in [0.1, 0.15) is 20.7 Å². The van der Waals surface area contributed by atoms with E-state index in [9.17, 15) is 14.4 Å². The number of rotatable bonds is 1. The zero-order chi connectivity index (χ0) is 11.7. The van der Waals surface area contributed by atoms with E-state index in [0.29, 0.717) is 5.69 Å². The SMILES string of the molecule is COC(=O)Nc1ccc2c(c1)C(=O)OC2=O. The van der Waals surface area contributed by atoms with Gasteiger partial charge in [0.05, 0.1) is 18.2 Å². The molecule has 0 saturated heterocycles. The summed E-state index contributed by atoms with van der Waals surface area (Å²) in [4.78, 5) is 33.2. The number of benzene rings is 1. The fourth-order valence-corrected chi connectivity index (χ4v) is 1.33. The number of hydrogen-bond donors (Lipinski definition) is 1. The average Bonchev–Trinajstić information content (AvgIpc) is 2.54. The van der Waals surface area contributed by atoms with Crippen molar-refractivity contribution < 1.29 is 23.9 Å². The van der Waals surface area contributed by atoms with E-state index >= 15 is 0 Å². The molecule has 2 rings (SSSR count). The lowest BCUT2D eigenvalue weighted by Gasteiger charge is -2.03. The number of carbonyl (C=O) groups is 3. The van der Waals surface area contributed by atoms with Gasteiger partial charge in [0.15, 0.2) is 0 Å². The molecule has 1 aromatic carbocycles. The first-order valence-electron chi connectivity index (χ1n) is 4.37. The molecular formula is C10H7NO5. The number of anilines is 1. The summed E-state index contributed by atoms with van der Waals surface area (Å²) in [5.74, 6) is -1.39. The molecule has 0 saturated carbocycles. The molecule has 1 aliphatic rings. The molecule has 82 valence electrons. The first-order valence-corrected chi connectivity index (χ1v) is 4.37. The molecule has 0 unspecified atom stereocenters. The van der Waals surface area contributed by atoms with E-state index in [-0.39, 0.29) is 11.1 Å². The van der Waals surface area contributed by atoms with Crippen molar-refractivity contribution in [2.75, 3.05) is 12.4 Å². The highest BCUT2D eigenvalue weighted by molar-refractivity contribution is 6.15. The first kappa shape index (κ1) is 10.2. The minimum atomic E-state index is -0.714. The molecule has 6 nitrogen and oxygen atoms in total. The Morgan fingerprint density at radius 3 is 2.62 bits per heavy atom. The molecule has 0 bridgehead atoms. The number of methoxy groups -OCH3 is 1. The quantitative estimate of drug-likeness (QED) is 0.568. The Balaban J connectivity index is 2.33. The van der Waals surface area contributed by atoms with Crippen LogP contribution >= 0.6 is 0 Å². The molecule has 0 fully saturated rings. The third-order valence-electron chi connectivity index (χ3n) is 2.08. The van der Waals surface area contributed by atoms with Gasteiger partial charge in [0.25, 0.3) is 0 Å². The Hall–Kier alpha value is -2.37. The van der Waals surface area contributed by atoms with Crippen molar-refractivity contribution in [1.29, 1.82) is 0 Å². The highest BCUT2D eigenvalue weighted by Crippen LogP contribution is 2.23. The first-order chi connectivity index (χ1) is 7.61. The lowest BCUT2D eigenvalue weighted by Crippen LogP contribution is -2.11. The number of cyclic esters (lactones) is 2. The molecular weight excluding hydrogens is 214 g/mol. The van der Waals surface area contributed by atoms with Crippen LogP contribution in [-0.4, -0.2) is 25.1 Å². The van der Waals surface area contributed by atoms with Crippen LogP contribution in [0.25, 0.3) is 0 Å². The van der Waals surface area contributed by atoms with Crippen LogP contribution in [0.5, 0.6) is 0 Å². The van der Waals surface area contributed by atoms with Crippen molar-refractivity contribution in [2.45, 2.75) is 0 Å². The average molecular weight is 221 g/mol. The van der Waals surface area contributed by atoms with E-state index < -0.39 is 18.0 Å². The monoisotopic (exact) mass is 221 g/mol. The third kappa shape index (κ3) is 1.60. The van der Waals surface area contributed by atoms with Crippen molar-refractivity contribution in [1.82, 2.24) is 0 Å². The molecule has 0 aliphatic carbocycles. The summed E-state index contributed by atoms with van der Waals surface area (Å²) in [7, 11) is 1.22. The largest absolute Gasteiger partial charge is 0.453 e. The molecule has 1 heterocycles. The zero-order valence-corrected chi connectivity index (χ0v) is 8.27. The van der Waals surface area contributed by atoms with E-state index in [1.54, 1.807) is 0 Å². The number of fused-ring (bicyclic) bond motifs is 1. The smallest absolute Gasteiger partial charge is 0.411 e. The number of hydrogen-bond acceptors (Lipinski definition) is 5. The Bertz CT molecular complexity index is 494. The maximum Gasteiger partial charge on any atom is 0.411 e. The molecule has 1 amide bonds. The number of ether oxygens (including phenoxy) is 2. The van der Waals surface area contributed by atoms with Crippen molar-refractivity contribution in [3.63, 3.8) is 0 Å². The maximum atomic E-state index is 11.2. The maximum absolute atomic E-state index is 11.2. The lowest BCUT2D eigenvalue weighted by atomic mass is 10.1. The Morgan fingerprint density at radius 2 is 1.94 bits per heavy atom. The highest BCUT2D eigenvalue weighted by atomic mass is 16.6. The van der Waals surface area contributed by atoms with Gasteiger partial charge in [0.2, 0.25) is 0 Å². The van der Waals surface area contributed by atoms with Gasteiger partial charge in [-0.2, -0.15) is 0 Å². The summed E-state index contributed by atoms with van der Waals surface area (Å²) in [6, 6.07) is 4.25. The standard InChI is InChI=1S/C10H7NO5/c1-15-10(14)11-5-2-3-6-7(4-5)9(13)16-8(6)12/h2-4H,1H3,(H,11,14). The summed E-state index contributed by atoms with van der Waals surface area (Å²) in [5, 5.41) is 2.38. The molecule has 1 N–H and O–H groups in total. The molecule has 16 heavy (non-hydrogen) atoms. The predicted molar refractivity (Wildman–Crippen MR) is 52.2 cm³/mol. The number of amides is 1. The second-order valence-corrected chi connectivity index (χ2v) is 3.05. The highest BCUT2D eigenvalue weighted by Gasteiger charge is 2.29. The van der Waals surface area contributed by atoms with Crippen LogP contribution in [0.15, 0.2) is 18.2 Å². The third-order valence-corrected chi connectivity index (χ3v) is 2.08. The van der Waals surface area contributed by atoms with Crippen molar-refractivity contribution >= 4 is 23.7 Å². The molecule has 1 aromatic rings. The Morgan fingerprint density at radius 1 is 1.25 bits per heavy atom. The summed E-state index contributed by atoms with van der Waals surface area (Å²) in [6.45, 7) is 0. The number of nitrogens with one attached hydrogen (secondary N) is 1. The van der Waals surface area contributed by atoms with Crippen molar-refractivity contribution in [2.24, 2.45) is 0 Å². The normalized spacial score (nSPS) is 13.1. The van der Waals surface area contributed by atoms with Crippen LogP contribution in [0, 0.1) is 0 Å². The summed E-state index contributed by atoms with van der Waals surface area (Å²) in [5.41, 5.74) is 0.691. The van der Waals surface area contributed by atoms with Crippen LogP contribution < -0.4 is 5.32 Å². The van der Waals surface area contributed by atoms with Gasteiger partial charge in [0.1, 0.15) is 0 Å². The zero-order valence-electron chi connectivity index (χ0n) is 8.27. The van der Waals surface area contributed by atoms with Gasteiger partial charge in [-0.05, 0) is 18.2 Å². The van der Waals surface area contributed by atoms with E-state index in [2.05, 4.69) is 14.8 Å². The fourth-order valence-electron chi connectivity index (χ4n) is 1.33. The number of carbonyl (C=O) groups excluding carboxylic acids is 3. The molecule has 0 spiro atoms. The molecule has 6 heteroatoms. The van der Waals surface area contributed by atoms with Gasteiger partial charge in [-0.15, -0.1) is 0 Å². The molecule has 0 atom stereocenters. The lowest BCUT2D eigenvalue weighted by molar-refractivity contribution is 0.0443. The van der Waals surface area contributed by atoms with Crippen molar-refractivity contribution in [3.05, 3.63) is 29.3 Å². The Kier molecular flexibility index (Phi) is 2.32. The Labute approximate surface area is 90.1 Å². The van der Waals surface area contributed by atoms with Gasteiger partial charge in [0, 0.05) is 5.69 Å². The van der Waals surface area contributed by atoms with E-state index in [1.807, 2.05) is 0 Å². The van der Waals surface area contributed by atoms with Gasteiger partial charge in [-0.1, -0.05) is 0 Å². The summed E-state index contributed by atoms with van der Waals surface area (Å²) in [6.07, 6.45) is -0.655. The van der Waals surface area contributed by atoms with Gasteiger partial charge in [-0.3, -0.25) is 5.32 Å². The molecule has 0 aromatic heterocycles. The topological polar surface area (TPSA) is 81.7 Å². The fraction of sp³-hybridized carbons (Fsp3) is 0.100. The van der Waals surface area contributed by atoms with Crippen LogP contribution in [0.3, 0.4) is 0 Å². The van der Waals surface area contributed by atoms with Crippen LogP contribution in [0.2, 0.25) is 0 Å². The second kappa shape index (κ2) is 3.65.